The number of nitrogens with zero attached hydrogens (tertiary/aromatic N) is 1. The first kappa shape index (κ1) is 38.7. The molecule has 3 aromatic rings. The molecule has 4 N–H and O–H groups in total. The van der Waals surface area contributed by atoms with E-state index in [4.69, 9.17) is 4.74 Å². The van der Waals surface area contributed by atoms with Gasteiger partial charge < -0.3 is 25.8 Å². The van der Waals surface area contributed by atoms with Crippen molar-refractivity contribution in [2.75, 3.05) is 32.8 Å². The summed E-state index contributed by atoms with van der Waals surface area (Å²) in [5, 5.41) is 19.5. The minimum Gasteiger partial charge on any atom is -0.494 e. The molecule has 0 aromatic heterocycles. The van der Waals surface area contributed by atoms with Gasteiger partial charge in [0.15, 0.2) is 0 Å². The third kappa shape index (κ3) is 12.4. The van der Waals surface area contributed by atoms with Crippen molar-refractivity contribution in [2.45, 2.75) is 70.5 Å². The molecule has 0 fully saturated rings. The van der Waals surface area contributed by atoms with Crippen molar-refractivity contribution in [1.82, 2.24) is 20.3 Å². The fourth-order valence-corrected chi connectivity index (χ4v) is 6.63. The molecule has 9 nitrogen and oxygen atoms in total. The quantitative estimate of drug-likeness (QED) is 0.141. The third-order valence-corrected chi connectivity index (χ3v) is 8.88. The second-order valence-electron chi connectivity index (χ2n) is 12.0. The summed E-state index contributed by atoms with van der Waals surface area (Å²) in [6, 6.07) is 17.7. The highest BCUT2D eigenvalue weighted by molar-refractivity contribution is 7.82. The highest BCUT2D eigenvalue weighted by Gasteiger charge is 2.28. The zero-order chi connectivity index (χ0) is 35.1. The highest BCUT2D eigenvalue weighted by Crippen LogP contribution is 2.25. The first-order valence-electron chi connectivity index (χ1n) is 16.4. The molecule has 0 heterocycles. The van der Waals surface area contributed by atoms with Crippen LogP contribution < -0.4 is 20.7 Å². The summed E-state index contributed by atoms with van der Waals surface area (Å²) in [5.41, 5.74) is 1.67. The van der Waals surface area contributed by atoms with Crippen LogP contribution in [0.3, 0.4) is 0 Å². The molecule has 3 aromatic carbocycles. The Hall–Kier alpha value is -3.71. The van der Waals surface area contributed by atoms with Crippen LogP contribution in [0.25, 0.3) is 0 Å². The normalized spacial score (nSPS) is 13.3. The maximum atomic E-state index is 13.9. The van der Waals surface area contributed by atoms with E-state index in [0.29, 0.717) is 24.5 Å². The molecule has 0 radical (unpaired) electrons. The predicted molar refractivity (Wildman–Crippen MR) is 184 cm³/mol. The van der Waals surface area contributed by atoms with Gasteiger partial charge in [-0.3, -0.25) is 9.59 Å². The van der Waals surface area contributed by atoms with Gasteiger partial charge in [-0.25, -0.2) is 17.3 Å². The summed E-state index contributed by atoms with van der Waals surface area (Å²) in [4.78, 5) is 26.0. The minimum absolute atomic E-state index is 0.0157. The van der Waals surface area contributed by atoms with Crippen molar-refractivity contribution < 1.29 is 32.4 Å². The predicted octanol–water partition coefficient (Wildman–Crippen LogP) is 4.29. The standard InChI is InChI=1S/C36H48F2N4O5S/c1-5-11-27-19-28(16-17-34(27)47-6-2)48(46)42(23-25(3)4)24-33(43)32(18-26-12-8-7-9-13-26)41-36(45)22-40-35(44)21-39-20-29-30(37)14-10-15-31(29)38/h7-10,12-17,19,25,32-33,39,43H,5-6,11,18,20-24H2,1-4H3,(H,40,44)(H,41,45)/t32-,33+,48?/m0/s1. The van der Waals surface area contributed by atoms with Gasteiger partial charge in [0, 0.05) is 25.2 Å². The summed E-state index contributed by atoms with van der Waals surface area (Å²) in [7, 11) is -1.60. The molecule has 0 saturated carbocycles. The lowest BCUT2D eigenvalue weighted by atomic mass is 10.0. The van der Waals surface area contributed by atoms with E-state index in [-0.39, 0.29) is 37.7 Å². The monoisotopic (exact) mass is 686 g/mol. The van der Waals surface area contributed by atoms with Crippen molar-refractivity contribution in [3.63, 3.8) is 0 Å². The molecule has 0 aliphatic rings. The molecule has 3 rings (SSSR count). The highest BCUT2D eigenvalue weighted by atomic mass is 32.2. The molecule has 262 valence electrons. The van der Waals surface area contributed by atoms with Gasteiger partial charge in [-0.05, 0) is 67.1 Å². The fraction of sp³-hybridized carbons (Fsp3) is 0.444. The first-order valence-corrected chi connectivity index (χ1v) is 17.5. The van der Waals surface area contributed by atoms with Gasteiger partial charge in [-0.2, -0.15) is 0 Å². The van der Waals surface area contributed by atoms with Crippen LogP contribution >= 0.6 is 0 Å². The lowest BCUT2D eigenvalue weighted by Gasteiger charge is -2.30. The van der Waals surface area contributed by atoms with E-state index in [1.54, 1.807) is 10.4 Å². The molecule has 3 atom stereocenters. The Labute approximate surface area is 285 Å². The number of amides is 2. The van der Waals surface area contributed by atoms with Crippen molar-refractivity contribution in [1.29, 1.82) is 0 Å². The van der Waals surface area contributed by atoms with E-state index >= 15 is 0 Å². The number of aliphatic hydroxyl groups is 1. The Morgan fingerprint density at radius 1 is 0.938 bits per heavy atom. The van der Waals surface area contributed by atoms with Crippen LogP contribution in [0.5, 0.6) is 5.75 Å². The van der Waals surface area contributed by atoms with Gasteiger partial charge in [0.2, 0.25) is 11.8 Å². The van der Waals surface area contributed by atoms with E-state index in [2.05, 4.69) is 22.9 Å². The second-order valence-corrected chi connectivity index (χ2v) is 13.4. The van der Waals surface area contributed by atoms with Gasteiger partial charge in [0.1, 0.15) is 28.4 Å². The fourth-order valence-electron chi connectivity index (χ4n) is 5.18. The Morgan fingerprint density at radius 3 is 2.29 bits per heavy atom. The largest absolute Gasteiger partial charge is 0.494 e. The molecule has 0 saturated heterocycles. The molecule has 1 unspecified atom stereocenters. The number of halogens is 2. The minimum atomic E-state index is -1.60. The van der Waals surface area contributed by atoms with Crippen LogP contribution in [0.2, 0.25) is 0 Å². The van der Waals surface area contributed by atoms with Gasteiger partial charge in [0.05, 0.1) is 36.7 Å². The number of aliphatic hydroxyl groups excluding tert-OH is 1. The van der Waals surface area contributed by atoms with Crippen LogP contribution in [-0.4, -0.2) is 70.4 Å². The van der Waals surface area contributed by atoms with E-state index in [9.17, 15) is 27.7 Å². The van der Waals surface area contributed by atoms with Crippen molar-refractivity contribution >= 4 is 22.8 Å². The number of carbonyl (C=O) groups excluding carboxylic acids is 2. The SMILES string of the molecule is CCCc1cc(S(=O)N(CC(C)C)C[C@@H](O)[C@H](Cc2ccccc2)NC(=O)CNC(=O)CNCc2c(F)cccc2F)ccc1OCC. The van der Waals surface area contributed by atoms with Crippen molar-refractivity contribution in [3.05, 3.63) is 95.1 Å². The molecule has 0 aliphatic heterocycles. The van der Waals surface area contributed by atoms with Crippen LogP contribution in [-0.2, 0) is 40.0 Å². The average molecular weight is 687 g/mol. The molecule has 0 aliphatic carbocycles. The van der Waals surface area contributed by atoms with E-state index in [1.165, 1.54) is 6.07 Å². The Kier molecular flexibility index (Phi) is 16.1. The Morgan fingerprint density at radius 2 is 1.65 bits per heavy atom. The van der Waals surface area contributed by atoms with Crippen LogP contribution in [0, 0.1) is 17.6 Å². The first-order chi connectivity index (χ1) is 23.0. The number of carbonyl (C=O) groups is 2. The van der Waals surface area contributed by atoms with Gasteiger partial charge >= 0.3 is 0 Å². The van der Waals surface area contributed by atoms with E-state index in [1.807, 2.05) is 63.2 Å². The molecular weight excluding hydrogens is 638 g/mol. The summed E-state index contributed by atoms with van der Waals surface area (Å²) in [5.74, 6) is -1.61. The van der Waals surface area contributed by atoms with Crippen molar-refractivity contribution in [2.24, 2.45) is 5.92 Å². The maximum absolute atomic E-state index is 13.9. The van der Waals surface area contributed by atoms with Crippen LogP contribution in [0.15, 0.2) is 71.6 Å². The van der Waals surface area contributed by atoms with Crippen LogP contribution in [0.4, 0.5) is 8.78 Å². The maximum Gasteiger partial charge on any atom is 0.239 e. The second kappa shape index (κ2) is 20.0. The summed E-state index contributed by atoms with van der Waals surface area (Å²) in [6.07, 6.45) is 0.858. The molecule has 0 spiro atoms. The third-order valence-electron chi connectivity index (χ3n) is 7.45. The summed E-state index contributed by atoms with van der Waals surface area (Å²) < 4.78 is 49.1. The van der Waals surface area contributed by atoms with Gasteiger partial charge in [-0.15, -0.1) is 0 Å². The number of aryl methyl sites for hydroxylation is 1. The smallest absolute Gasteiger partial charge is 0.239 e. The summed E-state index contributed by atoms with van der Waals surface area (Å²) >= 11 is 0. The number of benzene rings is 3. The molecule has 2 amide bonds. The zero-order valence-corrected chi connectivity index (χ0v) is 29.0. The number of hydrogen-bond donors (Lipinski definition) is 4. The summed E-state index contributed by atoms with van der Waals surface area (Å²) in [6.45, 7) is 8.14. The number of nitrogens with one attached hydrogen (secondary N) is 3. The number of ether oxygens (including phenoxy) is 1. The molecule has 48 heavy (non-hydrogen) atoms. The average Bonchev–Trinajstić information content (AvgIpc) is 3.05. The van der Waals surface area contributed by atoms with Gasteiger partial charge in [0.25, 0.3) is 0 Å². The zero-order valence-electron chi connectivity index (χ0n) is 28.1. The van der Waals surface area contributed by atoms with Gasteiger partial charge in [-0.1, -0.05) is 63.6 Å². The lowest BCUT2D eigenvalue weighted by molar-refractivity contribution is -0.126. The molecular formula is C36H48F2N4O5S. The Balaban J connectivity index is 1.68. The van der Waals surface area contributed by atoms with E-state index in [0.717, 1.165) is 41.9 Å². The number of hydrogen-bond acceptors (Lipinski definition) is 6. The molecule has 0 bridgehead atoms. The van der Waals surface area contributed by atoms with Crippen molar-refractivity contribution in [3.8, 4) is 5.75 Å². The lowest BCUT2D eigenvalue weighted by Crippen LogP contribution is -2.52. The Bertz CT molecular complexity index is 1470. The van der Waals surface area contributed by atoms with Crippen LogP contribution in [0.1, 0.15) is 50.8 Å². The number of rotatable bonds is 20. The molecule has 12 heteroatoms. The topological polar surface area (TPSA) is 120 Å². The van der Waals surface area contributed by atoms with E-state index < -0.39 is 46.6 Å².